The summed E-state index contributed by atoms with van der Waals surface area (Å²) in [5.74, 6) is 1.81. The first-order valence-electron chi connectivity index (χ1n) is 11.4. The number of aryl methyl sites for hydroxylation is 2. The lowest BCUT2D eigenvalue weighted by atomic mass is 9.93. The molecule has 2 heterocycles. The van der Waals surface area contributed by atoms with Gasteiger partial charge >= 0.3 is 0 Å². The van der Waals surface area contributed by atoms with Crippen molar-refractivity contribution >= 4 is 46.4 Å². The lowest BCUT2D eigenvalue weighted by Gasteiger charge is -2.22. The van der Waals surface area contributed by atoms with E-state index in [2.05, 4.69) is 34.9 Å². The van der Waals surface area contributed by atoms with Gasteiger partial charge in [0.1, 0.15) is 0 Å². The van der Waals surface area contributed by atoms with Gasteiger partial charge in [-0.15, -0.1) is 23.2 Å². The van der Waals surface area contributed by atoms with Crippen LogP contribution in [0.15, 0.2) is 36.4 Å². The van der Waals surface area contributed by atoms with Crippen LogP contribution in [0.2, 0.25) is 0 Å². The zero-order valence-electron chi connectivity index (χ0n) is 18.8. The highest BCUT2D eigenvalue weighted by Gasteiger charge is 2.23. The number of carbonyl (C=O) groups excluding carboxylic acids is 2. The first kappa shape index (κ1) is 24.6. The number of anilines is 2. The number of rotatable bonds is 6. The second kappa shape index (κ2) is 11.7. The van der Waals surface area contributed by atoms with E-state index in [0.717, 1.165) is 49.9 Å². The summed E-state index contributed by atoms with van der Waals surface area (Å²) in [7, 11) is 0. The van der Waals surface area contributed by atoms with Gasteiger partial charge in [-0.3, -0.25) is 9.59 Å². The van der Waals surface area contributed by atoms with Gasteiger partial charge < -0.3 is 10.6 Å². The number of benzene rings is 2. The van der Waals surface area contributed by atoms with E-state index in [1.54, 1.807) is 0 Å². The van der Waals surface area contributed by atoms with Crippen LogP contribution in [-0.4, -0.2) is 23.6 Å². The van der Waals surface area contributed by atoms with Crippen molar-refractivity contribution in [1.29, 1.82) is 0 Å². The Morgan fingerprint density at radius 2 is 1.16 bits per heavy atom. The Morgan fingerprint density at radius 3 is 1.53 bits per heavy atom. The highest BCUT2D eigenvalue weighted by molar-refractivity contribution is 6.18. The summed E-state index contributed by atoms with van der Waals surface area (Å²) in [6.07, 6.45) is 5.72. The molecule has 4 nitrogen and oxygen atoms in total. The van der Waals surface area contributed by atoms with Crippen LogP contribution in [0.4, 0.5) is 11.4 Å². The lowest BCUT2D eigenvalue weighted by molar-refractivity contribution is -0.120. The fraction of sp³-hybridized carbons (Fsp3) is 0.462. The molecule has 2 aromatic carbocycles. The van der Waals surface area contributed by atoms with Gasteiger partial charge in [-0.2, -0.15) is 0 Å². The average molecular weight is 475 g/mol. The number of hydrogen-bond acceptors (Lipinski definition) is 2. The van der Waals surface area contributed by atoms with Gasteiger partial charge in [0.05, 0.1) is 0 Å². The van der Waals surface area contributed by atoms with Crippen molar-refractivity contribution in [1.82, 2.24) is 0 Å². The molecule has 0 aromatic heterocycles. The van der Waals surface area contributed by atoms with Crippen LogP contribution < -0.4 is 10.6 Å². The number of carbonyl (C=O) groups is 2. The fourth-order valence-electron chi connectivity index (χ4n) is 4.09. The SMILES string of the molecule is CC1Cc2cc(CCCCl)ccc2NC1=O.CC1Cc2cc(CCCCl)ccc2NC1=O. The van der Waals surface area contributed by atoms with Gasteiger partial charge in [0, 0.05) is 35.0 Å². The molecule has 0 fully saturated rings. The standard InChI is InChI=1S/2C13H16ClNO/c2*1-9-7-11-8-10(3-2-6-14)4-5-12(11)15-13(9)16/h2*4-5,8-9H,2-3,6-7H2,1H3,(H,15,16). The third-order valence-electron chi connectivity index (χ3n) is 6.00. The molecule has 0 saturated carbocycles. The van der Waals surface area contributed by atoms with Gasteiger partial charge in [-0.1, -0.05) is 38.1 Å². The minimum Gasteiger partial charge on any atom is -0.326 e. The molecule has 0 aliphatic carbocycles. The summed E-state index contributed by atoms with van der Waals surface area (Å²) < 4.78 is 0. The predicted molar refractivity (Wildman–Crippen MR) is 134 cm³/mol. The van der Waals surface area contributed by atoms with Gasteiger partial charge in [0.15, 0.2) is 0 Å². The predicted octanol–water partition coefficient (Wildman–Crippen LogP) is 5.98. The van der Waals surface area contributed by atoms with Crippen LogP contribution in [0, 0.1) is 11.8 Å². The van der Waals surface area contributed by atoms with Gasteiger partial charge in [0.2, 0.25) is 11.8 Å². The minimum absolute atomic E-state index is 0.0794. The summed E-state index contributed by atoms with van der Waals surface area (Å²) in [5, 5.41) is 5.86. The summed E-state index contributed by atoms with van der Waals surface area (Å²) in [4.78, 5) is 23.0. The molecule has 2 aromatic rings. The number of amides is 2. The van der Waals surface area contributed by atoms with Crippen LogP contribution >= 0.6 is 23.2 Å². The van der Waals surface area contributed by atoms with Crippen LogP contribution in [0.25, 0.3) is 0 Å². The highest BCUT2D eigenvalue weighted by atomic mass is 35.5. The first-order valence-corrected chi connectivity index (χ1v) is 12.5. The molecule has 2 aliphatic rings. The van der Waals surface area contributed by atoms with Crippen LogP contribution in [0.5, 0.6) is 0 Å². The van der Waals surface area contributed by atoms with Crippen molar-refractivity contribution in [3.63, 3.8) is 0 Å². The summed E-state index contributed by atoms with van der Waals surface area (Å²) in [6.45, 7) is 3.92. The Morgan fingerprint density at radius 1 is 0.750 bits per heavy atom. The third-order valence-corrected chi connectivity index (χ3v) is 6.54. The molecule has 6 heteroatoms. The molecule has 2 unspecified atom stereocenters. The monoisotopic (exact) mass is 474 g/mol. The van der Waals surface area contributed by atoms with Crippen LogP contribution in [-0.2, 0) is 35.3 Å². The lowest BCUT2D eigenvalue weighted by Crippen LogP contribution is -2.27. The second-order valence-electron chi connectivity index (χ2n) is 8.76. The van der Waals surface area contributed by atoms with Crippen molar-refractivity contribution in [2.45, 2.75) is 52.4 Å². The number of fused-ring (bicyclic) bond motifs is 2. The topological polar surface area (TPSA) is 58.2 Å². The van der Waals surface area contributed by atoms with E-state index in [9.17, 15) is 9.59 Å². The van der Waals surface area contributed by atoms with Crippen molar-refractivity contribution in [3.8, 4) is 0 Å². The van der Waals surface area contributed by atoms with Crippen molar-refractivity contribution in [2.75, 3.05) is 22.4 Å². The van der Waals surface area contributed by atoms with Gasteiger partial charge in [-0.05, 0) is 72.9 Å². The maximum Gasteiger partial charge on any atom is 0.227 e. The molecule has 2 atom stereocenters. The number of hydrogen-bond donors (Lipinski definition) is 2. The molecule has 2 amide bonds. The zero-order valence-corrected chi connectivity index (χ0v) is 20.4. The largest absolute Gasteiger partial charge is 0.326 e. The Labute approximate surface area is 201 Å². The second-order valence-corrected chi connectivity index (χ2v) is 9.51. The van der Waals surface area contributed by atoms with Crippen molar-refractivity contribution < 1.29 is 9.59 Å². The van der Waals surface area contributed by atoms with E-state index in [1.807, 2.05) is 26.0 Å². The summed E-state index contributed by atoms with van der Waals surface area (Å²) in [6, 6.07) is 12.5. The smallest absolute Gasteiger partial charge is 0.227 e. The Hall–Kier alpha value is -2.04. The van der Waals surface area contributed by atoms with E-state index >= 15 is 0 Å². The quantitative estimate of drug-likeness (QED) is 0.505. The third kappa shape index (κ3) is 6.49. The molecule has 4 rings (SSSR count). The number of halogens is 2. The Kier molecular flexibility index (Phi) is 9.01. The molecule has 32 heavy (non-hydrogen) atoms. The Balaban J connectivity index is 0.000000181. The number of nitrogens with one attached hydrogen (secondary N) is 2. The molecular weight excluding hydrogens is 443 g/mol. The number of alkyl halides is 2. The molecule has 0 bridgehead atoms. The minimum atomic E-state index is 0.0794. The van der Waals surface area contributed by atoms with Crippen LogP contribution in [0.1, 0.15) is 48.9 Å². The maximum atomic E-state index is 11.5. The molecule has 0 radical (unpaired) electrons. The van der Waals surface area contributed by atoms with Crippen molar-refractivity contribution in [3.05, 3.63) is 58.7 Å². The van der Waals surface area contributed by atoms with Gasteiger partial charge in [0.25, 0.3) is 0 Å². The van der Waals surface area contributed by atoms with E-state index in [-0.39, 0.29) is 23.7 Å². The van der Waals surface area contributed by atoms with E-state index in [1.165, 1.54) is 22.3 Å². The fourth-order valence-corrected chi connectivity index (χ4v) is 4.35. The van der Waals surface area contributed by atoms with Crippen molar-refractivity contribution in [2.24, 2.45) is 11.8 Å². The van der Waals surface area contributed by atoms with E-state index < -0.39 is 0 Å². The molecule has 0 saturated heterocycles. The molecule has 172 valence electrons. The average Bonchev–Trinajstić information content (AvgIpc) is 2.78. The molecule has 2 aliphatic heterocycles. The molecule has 0 spiro atoms. The summed E-state index contributed by atoms with van der Waals surface area (Å²) in [5.41, 5.74) is 7.05. The summed E-state index contributed by atoms with van der Waals surface area (Å²) >= 11 is 11.4. The normalized spacial score (nSPS) is 19.1. The zero-order chi connectivity index (χ0) is 23.1. The first-order chi connectivity index (χ1) is 15.4. The van der Waals surface area contributed by atoms with Gasteiger partial charge in [-0.25, -0.2) is 0 Å². The van der Waals surface area contributed by atoms with Crippen LogP contribution in [0.3, 0.4) is 0 Å². The Bertz CT molecular complexity index is 883. The highest BCUT2D eigenvalue weighted by Crippen LogP contribution is 2.27. The van der Waals surface area contributed by atoms with E-state index in [0.29, 0.717) is 11.8 Å². The van der Waals surface area contributed by atoms with E-state index in [4.69, 9.17) is 23.2 Å². The molecule has 2 N–H and O–H groups in total. The maximum absolute atomic E-state index is 11.5. The molecular formula is C26H32Cl2N2O2.